The van der Waals surface area contributed by atoms with Gasteiger partial charge < -0.3 is 9.64 Å². The van der Waals surface area contributed by atoms with Gasteiger partial charge in [-0.05, 0) is 19.8 Å². The maximum absolute atomic E-state index is 11.3. The van der Waals surface area contributed by atoms with Gasteiger partial charge >= 0.3 is 5.69 Å². The second kappa shape index (κ2) is 6.98. The minimum absolute atomic E-state index is 0.0242. The van der Waals surface area contributed by atoms with Crippen LogP contribution in [-0.4, -0.2) is 59.7 Å². The summed E-state index contributed by atoms with van der Waals surface area (Å²) in [6.07, 6.45) is 3.60. The minimum Gasteiger partial charge on any atom is -0.381 e. The van der Waals surface area contributed by atoms with Crippen LogP contribution in [0.15, 0.2) is 12.3 Å². The van der Waals surface area contributed by atoms with Gasteiger partial charge in [0, 0.05) is 57.2 Å². The summed E-state index contributed by atoms with van der Waals surface area (Å²) < 4.78 is 5.43. The maximum atomic E-state index is 11.3. The van der Waals surface area contributed by atoms with E-state index in [-0.39, 0.29) is 16.8 Å². The van der Waals surface area contributed by atoms with Gasteiger partial charge in [-0.1, -0.05) is 11.6 Å². The van der Waals surface area contributed by atoms with Crippen LogP contribution in [0.2, 0.25) is 5.02 Å². The van der Waals surface area contributed by atoms with Crippen molar-refractivity contribution in [2.75, 3.05) is 37.7 Å². The van der Waals surface area contributed by atoms with Crippen LogP contribution in [0.5, 0.6) is 0 Å². The molecule has 2 fully saturated rings. The largest absolute Gasteiger partial charge is 0.381 e. The number of hydrogen-bond acceptors (Lipinski definition) is 6. The lowest BCUT2D eigenvalue weighted by Gasteiger charge is -2.44. The Morgan fingerprint density at radius 2 is 2.13 bits per heavy atom. The van der Waals surface area contributed by atoms with Gasteiger partial charge in [0.25, 0.3) is 0 Å². The van der Waals surface area contributed by atoms with Gasteiger partial charge in [-0.25, -0.2) is 4.98 Å². The lowest BCUT2D eigenvalue weighted by atomic mass is 10.0. The first-order valence-electron chi connectivity index (χ1n) is 7.94. The van der Waals surface area contributed by atoms with E-state index in [1.807, 2.05) is 4.90 Å². The zero-order valence-corrected chi connectivity index (χ0v) is 13.9. The summed E-state index contributed by atoms with van der Waals surface area (Å²) in [5, 5.41) is 11.6. The molecule has 0 aromatic carbocycles. The first kappa shape index (κ1) is 16.4. The molecule has 0 N–H and O–H groups in total. The molecule has 0 unspecified atom stereocenters. The molecular formula is C15H21ClN4O3. The predicted molar refractivity (Wildman–Crippen MR) is 88.1 cm³/mol. The summed E-state index contributed by atoms with van der Waals surface area (Å²) in [6.45, 7) is 6.23. The van der Waals surface area contributed by atoms with Gasteiger partial charge in [-0.15, -0.1) is 0 Å². The van der Waals surface area contributed by atoms with Gasteiger partial charge in [0.2, 0.25) is 5.82 Å². The molecule has 0 spiro atoms. The molecule has 1 atom stereocenters. The van der Waals surface area contributed by atoms with E-state index in [1.54, 1.807) is 0 Å². The Morgan fingerprint density at radius 3 is 2.78 bits per heavy atom. The van der Waals surface area contributed by atoms with E-state index in [9.17, 15) is 10.1 Å². The molecule has 2 saturated heterocycles. The average Bonchev–Trinajstić information content (AvgIpc) is 2.56. The third-order valence-electron chi connectivity index (χ3n) is 4.65. The normalized spacial score (nSPS) is 23.9. The summed E-state index contributed by atoms with van der Waals surface area (Å²) in [4.78, 5) is 19.6. The van der Waals surface area contributed by atoms with E-state index in [4.69, 9.17) is 16.3 Å². The fourth-order valence-electron chi connectivity index (χ4n) is 3.46. The SMILES string of the molecule is C[C@@H]1CN(C2CCOCC2)CCN1c1ncc(Cl)cc1[N+](=O)[O-]. The van der Waals surface area contributed by atoms with Gasteiger partial charge in [0.05, 0.1) is 9.95 Å². The molecule has 1 aromatic heterocycles. The van der Waals surface area contributed by atoms with Crippen molar-refractivity contribution in [3.8, 4) is 0 Å². The fourth-order valence-corrected chi connectivity index (χ4v) is 3.61. The lowest BCUT2D eigenvalue weighted by molar-refractivity contribution is -0.384. The van der Waals surface area contributed by atoms with E-state index in [0.29, 0.717) is 11.9 Å². The van der Waals surface area contributed by atoms with Crippen LogP contribution < -0.4 is 4.90 Å². The number of ether oxygens (including phenoxy) is 1. The summed E-state index contributed by atoms with van der Waals surface area (Å²) >= 11 is 5.86. The van der Waals surface area contributed by atoms with Crippen LogP contribution in [0.3, 0.4) is 0 Å². The van der Waals surface area contributed by atoms with Crippen LogP contribution >= 0.6 is 11.6 Å². The molecule has 0 amide bonds. The van der Waals surface area contributed by atoms with E-state index in [2.05, 4.69) is 16.8 Å². The number of halogens is 1. The Morgan fingerprint density at radius 1 is 1.39 bits per heavy atom. The van der Waals surface area contributed by atoms with Gasteiger partial charge in [-0.3, -0.25) is 15.0 Å². The van der Waals surface area contributed by atoms with Crippen molar-refractivity contribution in [3.05, 3.63) is 27.4 Å². The number of rotatable bonds is 3. The second-order valence-electron chi connectivity index (χ2n) is 6.13. The Bertz CT molecular complexity index is 580. The minimum atomic E-state index is -0.411. The Hall–Kier alpha value is -1.44. The zero-order valence-electron chi connectivity index (χ0n) is 13.2. The van der Waals surface area contributed by atoms with E-state index in [1.165, 1.54) is 12.3 Å². The summed E-state index contributed by atoms with van der Waals surface area (Å²) in [6, 6.07) is 2.10. The standard InChI is InChI=1S/C15H21ClN4O3/c1-11-10-18(13-2-6-23-7-3-13)4-5-19(11)15-14(20(21)22)8-12(16)9-17-15/h8-9,11,13H,2-7,10H2,1H3/t11-/m1/s1. The number of piperazine rings is 1. The van der Waals surface area contributed by atoms with Crippen molar-refractivity contribution in [1.82, 2.24) is 9.88 Å². The van der Waals surface area contributed by atoms with Crippen molar-refractivity contribution in [3.63, 3.8) is 0 Å². The molecule has 0 bridgehead atoms. The first-order chi connectivity index (χ1) is 11.1. The van der Waals surface area contributed by atoms with E-state index < -0.39 is 4.92 Å². The molecule has 2 aliphatic rings. The van der Waals surface area contributed by atoms with Crippen LogP contribution in [0.1, 0.15) is 19.8 Å². The summed E-state index contributed by atoms with van der Waals surface area (Å²) in [5.41, 5.74) is -0.0242. The summed E-state index contributed by atoms with van der Waals surface area (Å²) in [5.74, 6) is 0.415. The Kier molecular flexibility index (Phi) is 4.99. The van der Waals surface area contributed by atoms with Crippen LogP contribution in [0, 0.1) is 10.1 Å². The summed E-state index contributed by atoms with van der Waals surface area (Å²) in [7, 11) is 0. The Balaban J connectivity index is 1.74. The molecular weight excluding hydrogens is 320 g/mol. The zero-order chi connectivity index (χ0) is 16.4. The highest BCUT2D eigenvalue weighted by Crippen LogP contribution is 2.31. The number of pyridine rings is 1. The smallest absolute Gasteiger partial charge is 0.313 e. The molecule has 3 rings (SSSR count). The molecule has 8 heteroatoms. The second-order valence-corrected chi connectivity index (χ2v) is 6.57. The highest BCUT2D eigenvalue weighted by molar-refractivity contribution is 6.30. The molecule has 126 valence electrons. The van der Waals surface area contributed by atoms with Crippen LogP contribution in [0.4, 0.5) is 11.5 Å². The van der Waals surface area contributed by atoms with Gasteiger partial charge in [0.1, 0.15) is 0 Å². The molecule has 0 aliphatic carbocycles. The van der Waals surface area contributed by atoms with Crippen molar-refractivity contribution >= 4 is 23.1 Å². The fraction of sp³-hybridized carbons (Fsp3) is 0.667. The van der Waals surface area contributed by atoms with Crippen molar-refractivity contribution in [2.45, 2.75) is 31.8 Å². The highest BCUT2D eigenvalue weighted by Gasteiger charge is 2.33. The van der Waals surface area contributed by atoms with Crippen molar-refractivity contribution < 1.29 is 9.66 Å². The van der Waals surface area contributed by atoms with Crippen LogP contribution in [0.25, 0.3) is 0 Å². The molecule has 3 heterocycles. The third kappa shape index (κ3) is 3.57. The first-order valence-corrected chi connectivity index (χ1v) is 8.32. The molecule has 2 aliphatic heterocycles. The third-order valence-corrected chi connectivity index (χ3v) is 4.86. The van der Waals surface area contributed by atoms with Crippen LogP contribution in [-0.2, 0) is 4.74 Å². The average molecular weight is 341 g/mol. The Labute approximate surface area is 140 Å². The number of anilines is 1. The predicted octanol–water partition coefficient (Wildman–Crippen LogP) is 2.33. The van der Waals surface area contributed by atoms with Crippen molar-refractivity contribution in [1.29, 1.82) is 0 Å². The molecule has 23 heavy (non-hydrogen) atoms. The molecule has 1 aromatic rings. The lowest BCUT2D eigenvalue weighted by Crippen LogP contribution is -2.56. The van der Waals surface area contributed by atoms with E-state index in [0.717, 1.165) is 45.7 Å². The number of nitrogens with zero attached hydrogens (tertiary/aromatic N) is 4. The number of aromatic nitrogens is 1. The van der Waals surface area contributed by atoms with Gasteiger partial charge in [-0.2, -0.15) is 0 Å². The molecule has 0 saturated carbocycles. The topological polar surface area (TPSA) is 71.7 Å². The van der Waals surface area contributed by atoms with Gasteiger partial charge in [0.15, 0.2) is 0 Å². The molecule has 0 radical (unpaired) electrons. The number of nitro groups is 1. The van der Waals surface area contributed by atoms with E-state index >= 15 is 0 Å². The van der Waals surface area contributed by atoms with Crippen molar-refractivity contribution in [2.24, 2.45) is 0 Å². The number of hydrogen-bond donors (Lipinski definition) is 0. The highest BCUT2D eigenvalue weighted by atomic mass is 35.5. The molecule has 7 nitrogen and oxygen atoms in total. The quantitative estimate of drug-likeness (QED) is 0.621. The maximum Gasteiger partial charge on any atom is 0.313 e. The monoisotopic (exact) mass is 340 g/mol.